The molecule has 0 aliphatic carbocycles. The van der Waals surface area contributed by atoms with Crippen LogP contribution in [0.3, 0.4) is 0 Å². The smallest absolute Gasteiger partial charge is 0.338 e. The number of amides is 2. The SMILES string of the molecule is COc1ccc(OC)c(C2NC(=O)NC(C)=C2C(=O)OC(C)C)c1. The molecule has 2 N–H and O–H groups in total. The van der Waals surface area contributed by atoms with Crippen LogP contribution in [0.5, 0.6) is 11.5 Å². The molecule has 7 nitrogen and oxygen atoms in total. The van der Waals surface area contributed by atoms with Crippen molar-refractivity contribution in [2.24, 2.45) is 0 Å². The monoisotopic (exact) mass is 334 g/mol. The molecule has 0 radical (unpaired) electrons. The summed E-state index contributed by atoms with van der Waals surface area (Å²) in [5.41, 5.74) is 1.39. The third kappa shape index (κ3) is 3.61. The quantitative estimate of drug-likeness (QED) is 0.807. The van der Waals surface area contributed by atoms with Crippen LogP contribution in [-0.2, 0) is 9.53 Å². The van der Waals surface area contributed by atoms with Crippen molar-refractivity contribution in [1.29, 1.82) is 0 Å². The second-order valence-electron chi connectivity index (χ2n) is 5.63. The van der Waals surface area contributed by atoms with Crippen LogP contribution in [0.25, 0.3) is 0 Å². The summed E-state index contributed by atoms with van der Waals surface area (Å²) in [4.78, 5) is 24.4. The first kappa shape index (κ1) is 17.7. The summed E-state index contributed by atoms with van der Waals surface area (Å²) >= 11 is 0. The minimum absolute atomic E-state index is 0.275. The molecule has 1 unspecified atom stereocenters. The molecule has 0 saturated carbocycles. The molecule has 24 heavy (non-hydrogen) atoms. The van der Waals surface area contributed by atoms with Crippen molar-refractivity contribution in [2.45, 2.75) is 32.9 Å². The maximum atomic E-state index is 12.5. The Morgan fingerprint density at radius 2 is 1.92 bits per heavy atom. The minimum Gasteiger partial charge on any atom is -0.497 e. The summed E-state index contributed by atoms with van der Waals surface area (Å²) in [6.45, 7) is 5.20. The van der Waals surface area contributed by atoms with E-state index in [1.54, 1.807) is 46.1 Å². The van der Waals surface area contributed by atoms with Crippen LogP contribution in [0, 0.1) is 0 Å². The van der Waals surface area contributed by atoms with Crippen molar-refractivity contribution in [3.05, 3.63) is 35.0 Å². The van der Waals surface area contributed by atoms with Gasteiger partial charge in [-0.15, -0.1) is 0 Å². The highest BCUT2D eigenvalue weighted by Crippen LogP contribution is 2.35. The van der Waals surface area contributed by atoms with Crippen molar-refractivity contribution in [3.8, 4) is 11.5 Å². The second kappa shape index (κ2) is 7.25. The second-order valence-corrected chi connectivity index (χ2v) is 5.63. The van der Waals surface area contributed by atoms with E-state index in [-0.39, 0.29) is 6.10 Å². The number of carbonyl (C=O) groups excluding carboxylic acids is 2. The molecule has 1 heterocycles. The zero-order valence-corrected chi connectivity index (χ0v) is 14.4. The van der Waals surface area contributed by atoms with Gasteiger partial charge in [0.2, 0.25) is 0 Å². The van der Waals surface area contributed by atoms with Crippen LogP contribution in [0.4, 0.5) is 4.79 Å². The molecule has 1 aliphatic rings. The van der Waals surface area contributed by atoms with Crippen LogP contribution in [-0.4, -0.2) is 32.3 Å². The number of urea groups is 1. The van der Waals surface area contributed by atoms with Gasteiger partial charge in [-0.2, -0.15) is 0 Å². The minimum atomic E-state index is -0.699. The predicted octanol–water partition coefficient (Wildman–Crippen LogP) is 2.28. The first-order valence-corrected chi connectivity index (χ1v) is 7.58. The van der Waals surface area contributed by atoms with E-state index in [1.165, 1.54) is 7.11 Å². The highest BCUT2D eigenvalue weighted by molar-refractivity contribution is 5.95. The maximum absolute atomic E-state index is 12.5. The zero-order chi connectivity index (χ0) is 17.9. The highest BCUT2D eigenvalue weighted by Gasteiger charge is 2.34. The van der Waals surface area contributed by atoms with Gasteiger partial charge in [0.1, 0.15) is 11.5 Å². The van der Waals surface area contributed by atoms with Crippen LogP contribution in [0.1, 0.15) is 32.4 Å². The number of hydrogen-bond donors (Lipinski definition) is 2. The van der Waals surface area contributed by atoms with E-state index in [2.05, 4.69) is 10.6 Å². The Morgan fingerprint density at radius 3 is 2.50 bits per heavy atom. The van der Waals surface area contributed by atoms with Crippen molar-refractivity contribution in [2.75, 3.05) is 14.2 Å². The van der Waals surface area contributed by atoms with E-state index in [0.29, 0.717) is 28.3 Å². The van der Waals surface area contributed by atoms with Gasteiger partial charge in [0.15, 0.2) is 0 Å². The molecule has 0 saturated heterocycles. The number of benzene rings is 1. The molecule has 0 aromatic heterocycles. The number of nitrogens with one attached hydrogen (secondary N) is 2. The van der Waals surface area contributed by atoms with E-state index in [9.17, 15) is 9.59 Å². The summed E-state index contributed by atoms with van der Waals surface area (Å²) in [5.74, 6) is 0.628. The molecule has 0 spiro atoms. The first-order valence-electron chi connectivity index (χ1n) is 7.58. The molecular formula is C17H22N2O5. The standard InChI is InChI=1S/C17H22N2O5/c1-9(2)24-16(20)14-10(3)18-17(21)19-15(14)12-8-11(22-4)6-7-13(12)23-5/h6-9,15H,1-5H3,(H2,18,19,21). The Hall–Kier alpha value is -2.70. The average Bonchev–Trinajstić information content (AvgIpc) is 2.52. The Morgan fingerprint density at radius 1 is 1.21 bits per heavy atom. The lowest BCUT2D eigenvalue weighted by Crippen LogP contribution is -2.45. The van der Waals surface area contributed by atoms with E-state index in [1.807, 2.05) is 0 Å². The molecule has 0 fully saturated rings. The van der Waals surface area contributed by atoms with Crippen molar-refractivity contribution >= 4 is 12.0 Å². The highest BCUT2D eigenvalue weighted by atomic mass is 16.5. The predicted molar refractivity (Wildman–Crippen MR) is 87.9 cm³/mol. The van der Waals surface area contributed by atoms with Crippen molar-refractivity contribution < 1.29 is 23.8 Å². The summed E-state index contributed by atoms with van der Waals surface area (Å²) < 4.78 is 15.9. The fourth-order valence-corrected chi connectivity index (χ4v) is 2.54. The Kier molecular flexibility index (Phi) is 5.33. The van der Waals surface area contributed by atoms with E-state index in [0.717, 1.165) is 0 Å². The Bertz CT molecular complexity index is 682. The van der Waals surface area contributed by atoms with Crippen LogP contribution >= 0.6 is 0 Å². The van der Waals surface area contributed by atoms with Gasteiger partial charge in [-0.1, -0.05) is 0 Å². The summed E-state index contributed by atoms with van der Waals surface area (Å²) in [6, 6.07) is 4.10. The summed E-state index contributed by atoms with van der Waals surface area (Å²) in [5, 5.41) is 5.36. The Balaban J connectivity index is 2.54. The Labute approximate surface area is 141 Å². The van der Waals surface area contributed by atoms with Gasteiger partial charge in [-0.05, 0) is 39.0 Å². The molecule has 2 amide bonds. The average molecular weight is 334 g/mol. The molecular weight excluding hydrogens is 312 g/mol. The van der Waals surface area contributed by atoms with Crippen LogP contribution in [0.15, 0.2) is 29.5 Å². The molecule has 7 heteroatoms. The van der Waals surface area contributed by atoms with Crippen LogP contribution in [0.2, 0.25) is 0 Å². The molecule has 1 aromatic rings. The van der Waals surface area contributed by atoms with E-state index < -0.39 is 18.0 Å². The number of methoxy groups -OCH3 is 2. The lowest BCUT2D eigenvalue weighted by molar-refractivity contribution is -0.143. The number of allylic oxidation sites excluding steroid dienone is 1. The van der Waals surface area contributed by atoms with Gasteiger partial charge >= 0.3 is 12.0 Å². The van der Waals surface area contributed by atoms with E-state index >= 15 is 0 Å². The number of esters is 1. The molecule has 1 atom stereocenters. The molecule has 2 rings (SSSR count). The van der Waals surface area contributed by atoms with Gasteiger partial charge in [0.25, 0.3) is 0 Å². The van der Waals surface area contributed by atoms with Crippen molar-refractivity contribution in [1.82, 2.24) is 10.6 Å². The normalized spacial score (nSPS) is 17.2. The van der Waals surface area contributed by atoms with Gasteiger partial charge in [-0.25, -0.2) is 9.59 Å². The van der Waals surface area contributed by atoms with Gasteiger partial charge in [-0.3, -0.25) is 0 Å². The van der Waals surface area contributed by atoms with E-state index in [4.69, 9.17) is 14.2 Å². The number of ether oxygens (including phenoxy) is 3. The first-order chi connectivity index (χ1) is 11.4. The summed E-state index contributed by atoms with van der Waals surface area (Å²) in [7, 11) is 3.07. The summed E-state index contributed by atoms with van der Waals surface area (Å²) in [6.07, 6.45) is -0.275. The van der Waals surface area contributed by atoms with Crippen molar-refractivity contribution in [3.63, 3.8) is 0 Å². The van der Waals surface area contributed by atoms with Gasteiger partial charge in [0, 0.05) is 11.3 Å². The maximum Gasteiger partial charge on any atom is 0.338 e. The fraction of sp³-hybridized carbons (Fsp3) is 0.412. The number of hydrogen-bond acceptors (Lipinski definition) is 5. The molecule has 1 aromatic carbocycles. The lowest BCUT2D eigenvalue weighted by Gasteiger charge is -2.29. The lowest BCUT2D eigenvalue weighted by atomic mass is 9.94. The largest absolute Gasteiger partial charge is 0.497 e. The van der Waals surface area contributed by atoms with Gasteiger partial charge < -0.3 is 24.8 Å². The molecule has 0 bridgehead atoms. The number of carbonyl (C=O) groups is 2. The topological polar surface area (TPSA) is 85.9 Å². The molecule has 1 aliphatic heterocycles. The number of rotatable bonds is 5. The van der Waals surface area contributed by atoms with Gasteiger partial charge in [0.05, 0.1) is 31.9 Å². The third-order valence-electron chi connectivity index (χ3n) is 3.58. The third-order valence-corrected chi connectivity index (χ3v) is 3.58. The zero-order valence-electron chi connectivity index (χ0n) is 14.4. The molecule has 130 valence electrons. The fourth-order valence-electron chi connectivity index (χ4n) is 2.54. The van der Waals surface area contributed by atoms with Crippen LogP contribution < -0.4 is 20.1 Å².